The van der Waals surface area contributed by atoms with E-state index in [1.807, 2.05) is 19.1 Å². The Labute approximate surface area is 187 Å². The molecule has 0 amide bonds. The lowest BCUT2D eigenvalue weighted by Crippen LogP contribution is -2.32. The number of halogens is 2. The van der Waals surface area contributed by atoms with Gasteiger partial charge in [-0.3, -0.25) is 0 Å². The number of aryl methyl sites for hydroxylation is 1. The van der Waals surface area contributed by atoms with Gasteiger partial charge in [0, 0.05) is 34.5 Å². The number of allylic oxidation sites excluding steroid dienone is 1. The first-order chi connectivity index (χ1) is 15.2. The van der Waals surface area contributed by atoms with Crippen LogP contribution >= 0.6 is 0 Å². The average molecular weight is 436 g/mol. The Hall–Kier alpha value is -3.34. The van der Waals surface area contributed by atoms with Gasteiger partial charge in [0.05, 0.1) is 12.6 Å². The van der Waals surface area contributed by atoms with Crippen LogP contribution in [0.4, 0.5) is 14.5 Å². The third kappa shape index (κ3) is 4.33. The number of rotatable bonds is 5. The van der Waals surface area contributed by atoms with Crippen molar-refractivity contribution in [3.63, 3.8) is 0 Å². The van der Waals surface area contributed by atoms with E-state index in [0.29, 0.717) is 11.5 Å². The molecular formula is C27H27F2NO2. The molecule has 0 radical (unpaired) electrons. The van der Waals surface area contributed by atoms with Crippen molar-refractivity contribution in [2.75, 3.05) is 12.4 Å². The molecular weight excluding hydrogens is 408 g/mol. The van der Waals surface area contributed by atoms with Gasteiger partial charge < -0.3 is 14.8 Å². The van der Waals surface area contributed by atoms with E-state index in [1.165, 1.54) is 31.4 Å². The van der Waals surface area contributed by atoms with Gasteiger partial charge in [-0.05, 0) is 74.7 Å². The maximum absolute atomic E-state index is 13.9. The van der Waals surface area contributed by atoms with Crippen molar-refractivity contribution in [2.45, 2.75) is 39.8 Å². The Morgan fingerprint density at radius 2 is 1.66 bits per heavy atom. The Balaban J connectivity index is 1.87. The Kier molecular flexibility index (Phi) is 5.68. The summed E-state index contributed by atoms with van der Waals surface area (Å²) in [5, 5.41) is 3.56. The first kappa shape index (κ1) is 21.9. The van der Waals surface area contributed by atoms with Gasteiger partial charge >= 0.3 is 0 Å². The third-order valence-electron chi connectivity index (χ3n) is 5.59. The van der Waals surface area contributed by atoms with E-state index in [-0.39, 0.29) is 23.8 Å². The van der Waals surface area contributed by atoms with Crippen LogP contribution in [0, 0.1) is 18.6 Å². The summed E-state index contributed by atoms with van der Waals surface area (Å²) in [7, 11) is 1.53. The summed E-state index contributed by atoms with van der Waals surface area (Å²) in [4.78, 5) is 0. The van der Waals surface area contributed by atoms with Crippen LogP contribution in [-0.2, 0) is 6.61 Å². The van der Waals surface area contributed by atoms with Crippen molar-refractivity contribution >= 4 is 11.3 Å². The quantitative estimate of drug-likeness (QED) is 0.462. The molecule has 1 heterocycles. The minimum absolute atomic E-state index is 0.191. The number of benzene rings is 3. The van der Waals surface area contributed by atoms with Crippen LogP contribution < -0.4 is 14.8 Å². The van der Waals surface area contributed by atoms with Crippen LogP contribution in [0.3, 0.4) is 0 Å². The second-order valence-corrected chi connectivity index (χ2v) is 8.79. The number of hydrogen-bond acceptors (Lipinski definition) is 3. The summed E-state index contributed by atoms with van der Waals surface area (Å²) in [6.07, 6.45) is 2.18. The zero-order valence-electron chi connectivity index (χ0n) is 19.0. The molecule has 3 aromatic carbocycles. The second kappa shape index (κ2) is 8.30. The molecule has 0 bridgehead atoms. The minimum atomic E-state index is -0.365. The first-order valence-electron chi connectivity index (χ1n) is 10.5. The Morgan fingerprint density at radius 1 is 0.906 bits per heavy atom. The largest absolute Gasteiger partial charge is 0.496 e. The summed E-state index contributed by atoms with van der Waals surface area (Å²) >= 11 is 0. The van der Waals surface area contributed by atoms with Gasteiger partial charge in [-0.2, -0.15) is 0 Å². The van der Waals surface area contributed by atoms with Crippen molar-refractivity contribution in [2.24, 2.45) is 0 Å². The first-order valence-corrected chi connectivity index (χ1v) is 10.5. The number of ether oxygens (including phenoxy) is 2. The molecule has 3 aromatic rings. The van der Waals surface area contributed by atoms with E-state index in [0.717, 1.165) is 39.1 Å². The predicted molar refractivity (Wildman–Crippen MR) is 125 cm³/mol. The molecule has 1 aliphatic rings. The Bertz CT molecular complexity index is 1190. The maximum atomic E-state index is 13.9. The molecule has 0 atom stereocenters. The molecule has 0 aromatic heterocycles. The molecule has 5 heteroatoms. The molecule has 0 unspecified atom stereocenters. The van der Waals surface area contributed by atoms with E-state index in [1.54, 1.807) is 12.1 Å². The fourth-order valence-electron chi connectivity index (χ4n) is 4.43. The van der Waals surface area contributed by atoms with E-state index in [4.69, 9.17) is 9.47 Å². The zero-order chi connectivity index (χ0) is 23.0. The van der Waals surface area contributed by atoms with Crippen molar-refractivity contribution < 1.29 is 18.3 Å². The van der Waals surface area contributed by atoms with E-state index in [2.05, 4.69) is 32.2 Å². The molecule has 1 N–H and O–H groups in total. The molecule has 32 heavy (non-hydrogen) atoms. The average Bonchev–Trinajstić information content (AvgIpc) is 2.70. The highest BCUT2D eigenvalue weighted by atomic mass is 19.1. The van der Waals surface area contributed by atoms with Gasteiger partial charge in [0.2, 0.25) is 0 Å². The van der Waals surface area contributed by atoms with Gasteiger partial charge in [-0.1, -0.05) is 12.1 Å². The summed E-state index contributed by atoms with van der Waals surface area (Å²) in [5.74, 6) is 0.201. The molecule has 0 fully saturated rings. The second-order valence-electron chi connectivity index (χ2n) is 8.79. The highest BCUT2D eigenvalue weighted by Crippen LogP contribution is 2.42. The van der Waals surface area contributed by atoms with Crippen molar-refractivity contribution in [1.29, 1.82) is 0 Å². The van der Waals surface area contributed by atoms with Crippen molar-refractivity contribution in [1.82, 2.24) is 0 Å². The topological polar surface area (TPSA) is 30.5 Å². The molecule has 1 aliphatic heterocycles. The number of methoxy groups -OCH3 is 1. The fraction of sp³-hybridized carbons (Fsp3) is 0.259. The van der Waals surface area contributed by atoms with Crippen LogP contribution in [-0.4, -0.2) is 12.6 Å². The van der Waals surface area contributed by atoms with Gasteiger partial charge in [0.1, 0.15) is 29.7 Å². The van der Waals surface area contributed by atoms with Crippen LogP contribution in [0.1, 0.15) is 37.5 Å². The van der Waals surface area contributed by atoms with E-state index < -0.39 is 0 Å². The maximum Gasteiger partial charge on any atom is 0.129 e. The number of hydrogen-bond donors (Lipinski definition) is 1. The minimum Gasteiger partial charge on any atom is -0.496 e. The number of nitrogens with one attached hydrogen (secondary N) is 1. The van der Waals surface area contributed by atoms with E-state index >= 15 is 0 Å². The number of anilines is 1. The summed E-state index contributed by atoms with van der Waals surface area (Å²) < 4.78 is 39.3. The van der Waals surface area contributed by atoms with Gasteiger partial charge in [-0.15, -0.1) is 0 Å². The number of fused-ring (bicyclic) bond motifs is 1. The van der Waals surface area contributed by atoms with Gasteiger partial charge in [0.25, 0.3) is 0 Å². The molecule has 0 spiro atoms. The van der Waals surface area contributed by atoms with Crippen LogP contribution in [0.15, 0.2) is 54.6 Å². The molecule has 0 saturated heterocycles. The van der Waals surface area contributed by atoms with Crippen molar-refractivity contribution in [3.05, 3.63) is 82.9 Å². The fourth-order valence-corrected chi connectivity index (χ4v) is 4.43. The summed E-state index contributed by atoms with van der Waals surface area (Å²) in [6, 6.07) is 13.2. The SMILES string of the molecule is COc1cc(F)ccc1-c1ccc2c(c1COc1cc(C)cc(F)c1)C(C)=CC(C)(C)N2. The van der Waals surface area contributed by atoms with Crippen molar-refractivity contribution in [3.8, 4) is 22.6 Å². The summed E-state index contributed by atoms with van der Waals surface area (Å²) in [6.45, 7) is 8.34. The highest BCUT2D eigenvalue weighted by Gasteiger charge is 2.27. The lowest BCUT2D eigenvalue weighted by Gasteiger charge is -2.33. The van der Waals surface area contributed by atoms with Crippen LogP contribution in [0.25, 0.3) is 16.7 Å². The smallest absolute Gasteiger partial charge is 0.129 e. The lowest BCUT2D eigenvalue weighted by atomic mass is 9.85. The van der Waals surface area contributed by atoms with Crippen LogP contribution in [0.5, 0.6) is 11.5 Å². The molecule has 3 nitrogen and oxygen atoms in total. The molecule has 0 aliphatic carbocycles. The molecule has 166 valence electrons. The van der Waals surface area contributed by atoms with E-state index in [9.17, 15) is 8.78 Å². The van der Waals surface area contributed by atoms with Gasteiger partial charge in [0.15, 0.2) is 0 Å². The molecule has 4 rings (SSSR count). The normalized spacial score (nSPS) is 14.3. The Morgan fingerprint density at radius 3 is 2.38 bits per heavy atom. The zero-order valence-corrected chi connectivity index (χ0v) is 19.0. The highest BCUT2D eigenvalue weighted by molar-refractivity contribution is 5.88. The lowest BCUT2D eigenvalue weighted by molar-refractivity contribution is 0.304. The standard InChI is InChI=1S/C27H27F2NO2/c1-16-10-19(29)12-20(11-16)32-15-23-21(22-7-6-18(28)13-25(22)31-5)8-9-24-26(23)17(2)14-27(3,4)30-24/h6-14,30H,15H2,1-5H3. The molecule has 0 saturated carbocycles. The summed E-state index contributed by atoms with van der Waals surface area (Å²) in [5.41, 5.74) is 6.30. The monoisotopic (exact) mass is 435 g/mol. The third-order valence-corrected chi connectivity index (χ3v) is 5.59. The predicted octanol–water partition coefficient (Wildman–Crippen LogP) is 7.14. The van der Waals surface area contributed by atoms with Crippen LogP contribution in [0.2, 0.25) is 0 Å². The van der Waals surface area contributed by atoms with Gasteiger partial charge in [-0.25, -0.2) is 8.78 Å².